The van der Waals surface area contributed by atoms with Crippen LogP contribution in [0, 0.1) is 11.3 Å². The molecule has 3 aromatic rings. The van der Waals surface area contributed by atoms with Crippen LogP contribution in [-0.4, -0.2) is 42.5 Å². The number of benzene rings is 2. The first-order chi connectivity index (χ1) is 21.4. The molecule has 10 heteroatoms. The fourth-order valence-corrected chi connectivity index (χ4v) is 8.76. The summed E-state index contributed by atoms with van der Waals surface area (Å²) in [6.07, 6.45) is 11.7. The standard InChI is InChI=1S/C35H47N3O6S/c1-34(2,3)38-45(42,43)29-18-17-27(25-15-8-9-16-26(25)29)30-28(23-24-13-6-4-7-14-24)44-32(37-30)31(39)36-22-12-21-35(33(40)41)19-10-5-11-20-35/h8-9,15-18,24,38H,4-7,10-14,19-23H2,1-3H3,(H,36,39)(H,40,41). The number of oxazole rings is 1. The van der Waals surface area contributed by atoms with Gasteiger partial charge in [-0.15, -0.1) is 0 Å². The van der Waals surface area contributed by atoms with Gasteiger partial charge in [-0.1, -0.05) is 81.7 Å². The van der Waals surface area contributed by atoms with Gasteiger partial charge in [0.1, 0.15) is 11.5 Å². The molecule has 5 rings (SSSR count). The summed E-state index contributed by atoms with van der Waals surface area (Å²) in [5.74, 6) is -0.147. The van der Waals surface area contributed by atoms with E-state index in [0.717, 1.165) is 50.5 Å². The predicted molar refractivity (Wildman–Crippen MR) is 175 cm³/mol. The largest absolute Gasteiger partial charge is 0.481 e. The van der Waals surface area contributed by atoms with Crippen molar-refractivity contribution in [2.24, 2.45) is 11.3 Å². The van der Waals surface area contributed by atoms with E-state index in [9.17, 15) is 23.1 Å². The van der Waals surface area contributed by atoms with Crippen LogP contribution in [0.15, 0.2) is 45.7 Å². The van der Waals surface area contributed by atoms with Crippen molar-refractivity contribution in [2.75, 3.05) is 6.54 Å². The molecule has 2 aliphatic rings. The first-order valence-electron chi connectivity index (χ1n) is 16.5. The van der Waals surface area contributed by atoms with Crippen LogP contribution in [0.2, 0.25) is 0 Å². The number of aromatic nitrogens is 1. The quantitative estimate of drug-likeness (QED) is 0.188. The van der Waals surface area contributed by atoms with Crippen LogP contribution >= 0.6 is 0 Å². The molecular formula is C35H47N3O6S. The number of sulfonamides is 1. The average molecular weight is 638 g/mol. The zero-order valence-corrected chi connectivity index (χ0v) is 27.6. The Labute approximate surface area is 266 Å². The molecule has 3 N–H and O–H groups in total. The number of nitrogens with one attached hydrogen (secondary N) is 2. The van der Waals surface area contributed by atoms with Crippen LogP contribution in [0.4, 0.5) is 0 Å². The lowest BCUT2D eigenvalue weighted by Gasteiger charge is -2.33. The second-order valence-corrected chi connectivity index (χ2v) is 15.7. The fourth-order valence-electron chi connectivity index (χ4n) is 7.13. The van der Waals surface area contributed by atoms with Gasteiger partial charge in [-0.3, -0.25) is 9.59 Å². The molecule has 0 aliphatic heterocycles. The number of carboxylic acids is 1. The molecule has 9 nitrogen and oxygen atoms in total. The molecule has 2 saturated carbocycles. The number of carbonyl (C=O) groups is 2. The molecule has 1 heterocycles. The monoisotopic (exact) mass is 637 g/mol. The van der Waals surface area contributed by atoms with E-state index in [1.54, 1.807) is 39.0 Å². The Morgan fingerprint density at radius 1 is 0.978 bits per heavy atom. The van der Waals surface area contributed by atoms with Gasteiger partial charge in [0.25, 0.3) is 5.89 Å². The molecule has 0 saturated heterocycles. The van der Waals surface area contributed by atoms with E-state index < -0.39 is 32.9 Å². The van der Waals surface area contributed by atoms with E-state index in [2.05, 4.69) is 10.0 Å². The minimum absolute atomic E-state index is 0.0309. The second kappa shape index (κ2) is 13.6. The zero-order valence-electron chi connectivity index (χ0n) is 26.8. The second-order valence-electron chi connectivity index (χ2n) is 14.0. The van der Waals surface area contributed by atoms with Gasteiger partial charge in [-0.25, -0.2) is 18.1 Å². The van der Waals surface area contributed by atoms with Crippen LogP contribution in [0.5, 0.6) is 0 Å². The summed E-state index contributed by atoms with van der Waals surface area (Å²) in [5.41, 5.74) is -0.0728. The van der Waals surface area contributed by atoms with Crippen LogP contribution in [0.25, 0.3) is 22.0 Å². The lowest BCUT2D eigenvalue weighted by Crippen LogP contribution is -2.40. The Hall–Kier alpha value is -3.24. The Morgan fingerprint density at radius 3 is 2.31 bits per heavy atom. The van der Waals surface area contributed by atoms with Crippen LogP contribution in [-0.2, 0) is 21.2 Å². The van der Waals surface area contributed by atoms with E-state index in [1.807, 2.05) is 18.2 Å². The molecule has 0 radical (unpaired) electrons. The Morgan fingerprint density at radius 2 is 1.64 bits per heavy atom. The summed E-state index contributed by atoms with van der Waals surface area (Å²) in [6, 6.07) is 10.7. The molecule has 2 aromatic carbocycles. The third-order valence-electron chi connectivity index (χ3n) is 9.34. The Bertz CT molecular complexity index is 1630. The number of aliphatic carboxylic acids is 1. The maximum absolute atomic E-state index is 13.4. The highest BCUT2D eigenvalue weighted by Crippen LogP contribution is 2.41. The first-order valence-corrected chi connectivity index (χ1v) is 17.9. The van der Waals surface area contributed by atoms with Gasteiger partial charge in [0.15, 0.2) is 0 Å². The van der Waals surface area contributed by atoms with Crippen molar-refractivity contribution in [3.8, 4) is 11.3 Å². The summed E-state index contributed by atoms with van der Waals surface area (Å²) < 4.78 is 35.7. The van der Waals surface area contributed by atoms with Crippen LogP contribution in [0.1, 0.15) is 114 Å². The van der Waals surface area contributed by atoms with Gasteiger partial charge >= 0.3 is 11.9 Å². The van der Waals surface area contributed by atoms with Gasteiger partial charge < -0.3 is 14.8 Å². The predicted octanol–water partition coefficient (Wildman–Crippen LogP) is 7.24. The lowest BCUT2D eigenvalue weighted by molar-refractivity contribution is -0.151. The van der Waals surface area contributed by atoms with E-state index in [0.29, 0.717) is 66.8 Å². The van der Waals surface area contributed by atoms with E-state index in [1.165, 1.54) is 6.42 Å². The summed E-state index contributed by atoms with van der Waals surface area (Å²) in [5, 5.41) is 14.1. The topological polar surface area (TPSA) is 139 Å². The minimum Gasteiger partial charge on any atom is -0.481 e. The number of nitrogens with zero attached hydrogens (tertiary/aromatic N) is 1. The third kappa shape index (κ3) is 7.77. The van der Waals surface area contributed by atoms with Crippen molar-refractivity contribution in [2.45, 2.75) is 115 Å². The number of carboxylic acid groups (broad SMARTS) is 1. The normalized spacial score (nSPS) is 17.8. The molecule has 1 aromatic heterocycles. The van der Waals surface area contributed by atoms with E-state index in [-0.39, 0.29) is 10.8 Å². The number of carbonyl (C=O) groups excluding carboxylic acids is 1. The lowest BCUT2D eigenvalue weighted by atomic mass is 9.71. The number of hydrogen-bond donors (Lipinski definition) is 3. The highest BCUT2D eigenvalue weighted by Gasteiger charge is 2.39. The molecule has 45 heavy (non-hydrogen) atoms. The van der Waals surface area contributed by atoms with Gasteiger partial charge in [0.05, 0.1) is 10.3 Å². The molecule has 1 amide bonds. The number of hydrogen-bond acceptors (Lipinski definition) is 6. The molecule has 2 fully saturated rings. The SMILES string of the molecule is CC(C)(C)NS(=O)(=O)c1ccc(-c2nc(C(=O)NCCCC3(C(=O)O)CCCCC3)oc2CC2CCCCC2)c2ccccc12. The van der Waals surface area contributed by atoms with Gasteiger partial charge in [0, 0.05) is 29.5 Å². The van der Waals surface area contributed by atoms with Crippen molar-refractivity contribution >= 4 is 32.7 Å². The van der Waals surface area contributed by atoms with Gasteiger partial charge in [-0.2, -0.15) is 0 Å². The average Bonchev–Trinajstić information content (AvgIpc) is 3.41. The maximum Gasteiger partial charge on any atom is 0.309 e. The summed E-state index contributed by atoms with van der Waals surface area (Å²) in [6.45, 7) is 5.75. The van der Waals surface area contributed by atoms with Gasteiger partial charge in [-0.05, 0) is 63.8 Å². The Kier molecular flexibility index (Phi) is 10.0. The van der Waals surface area contributed by atoms with E-state index >= 15 is 0 Å². The Balaban J connectivity index is 1.43. The summed E-state index contributed by atoms with van der Waals surface area (Å²) in [7, 11) is -3.81. The smallest absolute Gasteiger partial charge is 0.309 e. The first kappa shape index (κ1) is 33.1. The molecule has 0 unspecified atom stereocenters. The van der Waals surface area contributed by atoms with Crippen molar-refractivity contribution in [1.82, 2.24) is 15.0 Å². The van der Waals surface area contributed by atoms with Gasteiger partial charge in [0.2, 0.25) is 10.0 Å². The van der Waals surface area contributed by atoms with Crippen LogP contribution in [0.3, 0.4) is 0 Å². The number of fused-ring (bicyclic) bond motifs is 1. The molecule has 0 bridgehead atoms. The highest BCUT2D eigenvalue weighted by atomic mass is 32.2. The minimum atomic E-state index is -3.81. The molecule has 0 spiro atoms. The summed E-state index contributed by atoms with van der Waals surface area (Å²) >= 11 is 0. The molecule has 0 atom stereocenters. The van der Waals surface area contributed by atoms with Crippen molar-refractivity contribution in [3.05, 3.63) is 48.0 Å². The van der Waals surface area contributed by atoms with Crippen LogP contribution < -0.4 is 10.0 Å². The van der Waals surface area contributed by atoms with Crippen molar-refractivity contribution < 1.29 is 27.5 Å². The molecule has 244 valence electrons. The third-order valence-corrected chi connectivity index (χ3v) is 11.2. The fraction of sp³-hybridized carbons (Fsp3) is 0.571. The number of rotatable bonds is 11. The van der Waals surface area contributed by atoms with E-state index in [4.69, 9.17) is 9.40 Å². The maximum atomic E-state index is 13.4. The van der Waals surface area contributed by atoms with Crippen molar-refractivity contribution in [3.63, 3.8) is 0 Å². The zero-order chi connectivity index (χ0) is 32.2. The highest BCUT2D eigenvalue weighted by molar-refractivity contribution is 7.89. The van der Waals surface area contributed by atoms with Crippen molar-refractivity contribution in [1.29, 1.82) is 0 Å². The molecule has 2 aliphatic carbocycles. The summed E-state index contributed by atoms with van der Waals surface area (Å²) in [4.78, 5) is 30.3. The number of amides is 1. The molecular weight excluding hydrogens is 590 g/mol.